The maximum Gasteiger partial charge on any atom is 0.224 e. The van der Waals surface area contributed by atoms with E-state index >= 15 is 0 Å². The molecule has 0 radical (unpaired) electrons. The molecule has 0 aromatic heterocycles. The predicted octanol–water partition coefficient (Wildman–Crippen LogP) is 3.91. The van der Waals surface area contributed by atoms with Gasteiger partial charge in [0, 0.05) is 24.1 Å². The molecule has 2 aromatic rings. The third-order valence-electron chi connectivity index (χ3n) is 3.32. The minimum atomic E-state index is -0.140. The van der Waals surface area contributed by atoms with E-state index in [2.05, 4.69) is 5.32 Å². The van der Waals surface area contributed by atoms with Gasteiger partial charge in [0.25, 0.3) is 0 Å². The zero-order valence-corrected chi connectivity index (χ0v) is 12.3. The van der Waals surface area contributed by atoms with Gasteiger partial charge < -0.3 is 5.32 Å². The average molecular weight is 281 g/mol. The molecular formula is C18H19NO2. The van der Waals surface area contributed by atoms with Gasteiger partial charge >= 0.3 is 0 Å². The number of aryl methyl sites for hydroxylation is 2. The largest absolute Gasteiger partial charge is 0.326 e. The maximum absolute atomic E-state index is 12.2. The molecule has 0 spiro atoms. The summed E-state index contributed by atoms with van der Waals surface area (Å²) in [5, 5.41) is 2.78. The summed E-state index contributed by atoms with van der Waals surface area (Å²) in [6.45, 7) is 3.92. The van der Waals surface area contributed by atoms with Crippen LogP contribution in [0.5, 0.6) is 0 Å². The summed E-state index contributed by atoms with van der Waals surface area (Å²) in [6, 6.07) is 15.0. The quantitative estimate of drug-likeness (QED) is 0.845. The highest BCUT2D eigenvalue weighted by atomic mass is 16.2. The van der Waals surface area contributed by atoms with Crippen LogP contribution in [0.15, 0.2) is 48.5 Å². The van der Waals surface area contributed by atoms with Gasteiger partial charge in [-0.25, -0.2) is 0 Å². The first kappa shape index (κ1) is 15.0. The van der Waals surface area contributed by atoms with E-state index in [1.54, 1.807) is 0 Å². The standard InChI is InChI=1S/C18H19NO2/c1-13-8-9-16(14(2)12-13)17(20)10-11-18(21)19-15-6-4-3-5-7-15/h3-9,12H,10-11H2,1-2H3,(H,19,21). The van der Waals surface area contributed by atoms with Crippen LogP contribution in [0, 0.1) is 13.8 Å². The van der Waals surface area contributed by atoms with Crippen LogP contribution in [0.2, 0.25) is 0 Å². The molecule has 3 nitrogen and oxygen atoms in total. The minimum absolute atomic E-state index is 0.00992. The van der Waals surface area contributed by atoms with Crippen LogP contribution in [0.3, 0.4) is 0 Å². The average Bonchev–Trinajstić information content (AvgIpc) is 2.46. The summed E-state index contributed by atoms with van der Waals surface area (Å²) in [6.07, 6.45) is 0.420. The van der Waals surface area contributed by atoms with Crippen LogP contribution in [0.1, 0.15) is 34.3 Å². The number of ketones is 1. The van der Waals surface area contributed by atoms with E-state index in [0.717, 1.165) is 16.8 Å². The molecule has 1 amide bonds. The second-order valence-electron chi connectivity index (χ2n) is 5.16. The molecule has 0 fully saturated rings. The molecule has 0 aliphatic carbocycles. The Kier molecular flexibility index (Phi) is 4.88. The summed E-state index contributed by atoms with van der Waals surface area (Å²) >= 11 is 0. The Hall–Kier alpha value is -2.42. The minimum Gasteiger partial charge on any atom is -0.326 e. The highest BCUT2D eigenvalue weighted by molar-refractivity contribution is 6.00. The summed E-state index contributed by atoms with van der Waals surface area (Å²) in [5.74, 6) is -0.130. The zero-order valence-electron chi connectivity index (χ0n) is 12.3. The fourth-order valence-electron chi connectivity index (χ4n) is 2.23. The van der Waals surface area contributed by atoms with Gasteiger partial charge in [0.05, 0.1) is 0 Å². The van der Waals surface area contributed by atoms with Crippen molar-refractivity contribution in [2.24, 2.45) is 0 Å². The van der Waals surface area contributed by atoms with Gasteiger partial charge in [-0.05, 0) is 31.5 Å². The second-order valence-corrected chi connectivity index (χ2v) is 5.16. The molecule has 2 rings (SSSR count). The number of para-hydroxylation sites is 1. The first-order chi connectivity index (χ1) is 10.1. The molecule has 1 N–H and O–H groups in total. The number of hydrogen-bond donors (Lipinski definition) is 1. The number of rotatable bonds is 5. The van der Waals surface area contributed by atoms with E-state index in [9.17, 15) is 9.59 Å². The normalized spacial score (nSPS) is 10.2. The van der Waals surface area contributed by atoms with Gasteiger partial charge in [-0.15, -0.1) is 0 Å². The van der Waals surface area contributed by atoms with E-state index in [1.807, 2.05) is 62.4 Å². The molecule has 108 valence electrons. The lowest BCUT2D eigenvalue weighted by molar-refractivity contribution is -0.116. The van der Waals surface area contributed by atoms with E-state index in [-0.39, 0.29) is 24.5 Å². The monoisotopic (exact) mass is 281 g/mol. The molecule has 0 bridgehead atoms. The molecular weight excluding hydrogens is 262 g/mol. The van der Waals surface area contributed by atoms with Crippen molar-refractivity contribution < 1.29 is 9.59 Å². The summed E-state index contributed by atoms with van der Waals surface area (Å²) in [7, 11) is 0. The van der Waals surface area contributed by atoms with Crippen molar-refractivity contribution in [3.8, 4) is 0 Å². The highest BCUT2D eigenvalue weighted by Crippen LogP contribution is 2.14. The predicted molar refractivity (Wildman–Crippen MR) is 84.6 cm³/mol. The fraction of sp³-hybridized carbons (Fsp3) is 0.222. The smallest absolute Gasteiger partial charge is 0.224 e. The van der Waals surface area contributed by atoms with Gasteiger partial charge in [0.15, 0.2) is 5.78 Å². The molecule has 21 heavy (non-hydrogen) atoms. The third-order valence-corrected chi connectivity index (χ3v) is 3.32. The second kappa shape index (κ2) is 6.84. The number of carbonyl (C=O) groups is 2. The van der Waals surface area contributed by atoms with Gasteiger partial charge in [0.2, 0.25) is 5.91 Å². The Morgan fingerprint density at radius 1 is 0.952 bits per heavy atom. The van der Waals surface area contributed by atoms with E-state index < -0.39 is 0 Å². The lowest BCUT2D eigenvalue weighted by Gasteiger charge is -2.07. The van der Waals surface area contributed by atoms with Gasteiger partial charge in [-0.3, -0.25) is 9.59 Å². The highest BCUT2D eigenvalue weighted by Gasteiger charge is 2.11. The van der Waals surface area contributed by atoms with Crippen molar-refractivity contribution in [1.29, 1.82) is 0 Å². The van der Waals surface area contributed by atoms with Gasteiger partial charge in [0.1, 0.15) is 0 Å². The Labute approximate surface area is 125 Å². The van der Waals surface area contributed by atoms with Gasteiger partial charge in [-0.1, -0.05) is 42.0 Å². The number of benzene rings is 2. The lowest BCUT2D eigenvalue weighted by atomic mass is 9.99. The number of Topliss-reactive ketones (excluding diaryl/α,β-unsaturated/α-hetero) is 1. The van der Waals surface area contributed by atoms with Crippen LogP contribution in [-0.2, 0) is 4.79 Å². The molecule has 2 aromatic carbocycles. The molecule has 0 unspecified atom stereocenters. The van der Waals surface area contributed by atoms with E-state index in [4.69, 9.17) is 0 Å². The van der Waals surface area contributed by atoms with Crippen LogP contribution < -0.4 is 5.32 Å². The van der Waals surface area contributed by atoms with Gasteiger partial charge in [-0.2, -0.15) is 0 Å². The molecule has 0 saturated carbocycles. The van der Waals surface area contributed by atoms with E-state index in [1.165, 1.54) is 0 Å². The Morgan fingerprint density at radius 3 is 2.33 bits per heavy atom. The SMILES string of the molecule is Cc1ccc(C(=O)CCC(=O)Nc2ccccc2)c(C)c1. The number of hydrogen-bond acceptors (Lipinski definition) is 2. The van der Waals surface area contributed by atoms with Crippen LogP contribution in [0.4, 0.5) is 5.69 Å². The van der Waals surface area contributed by atoms with Crippen molar-refractivity contribution in [3.05, 3.63) is 65.2 Å². The maximum atomic E-state index is 12.2. The summed E-state index contributed by atoms with van der Waals surface area (Å²) in [5.41, 5.74) is 3.55. The van der Waals surface area contributed by atoms with E-state index in [0.29, 0.717) is 5.56 Å². The van der Waals surface area contributed by atoms with Crippen LogP contribution in [-0.4, -0.2) is 11.7 Å². The molecule has 3 heteroatoms. The first-order valence-corrected chi connectivity index (χ1v) is 7.01. The third kappa shape index (κ3) is 4.28. The van der Waals surface area contributed by atoms with Crippen LogP contribution >= 0.6 is 0 Å². The first-order valence-electron chi connectivity index (χ1n) is 7.01. The summed E-state index contributed by atoms with van der Waals surface area (Å²) < 4.78 is 0. The van der Waals surface area contributed by atoms with Crippen molar-refractivity contribution in [1.82, 2.24) is 0 Å². The number of anilines is 1. The van der Waals surface area contributed by atoms with Crippen molar-refractivity contribution in [3.63, 3.8) is 0 Å². The van der Waals surface area contributed by atoms with Crippen molar-refractivity contribution in [2.45, 2.75) is 26.7 Å². The molecule has 0 saturated heterocycles. The molecule has 0 atom stereocenters. The number of nitrogens with one attached hydrogen (secondary N) is 1. The number of carbonyl (C=O) groups excluding carboxylic acids is 2. The molecule has 0 aliphatic rings. The topological polar surface area (TPSA) is 46.2 Å². The Morgan fingerprint density at radius 2 is 1.67 bits per heavy atom. The number of amides is 1. The van der Waals surface area contributed by atoms with Crippen molar-refractivity contribution in [2.75, 3.05) is 5.32 Å². The lowest BCUT2D eigenvalue weighted by Crippen LogP contribution is -2.13. The summed E-state index contributed by atoms with van der Waals surface area (Å²) in [4.78, 5) is 24.0. The Bertz CT molecular complexity index is 648. The molecule has 0 aliphatic heterocycles. The van der Waals surface area contributed by atoms with Crippen LogP contribution in [0.25, 0.3) is 0 Å². The molecule has 0 heterocycles. The fourth-order valence-corrected chi connectivity index (χ4v) is 2.23. The zero-order chi connectivity index (χ0) is 15.2. The van der Waals surface area contributed by atoms with Crippen molar-refractivity contribution >= 4 is 17.4 Å². The Balaban J connectivity index is 1.90.